The zero-order chi connectivity index (χ0) is 14.0. The van der Waals surface area contributed by atoms with Crippen LogP contribution in [0.5, 0.6) is 0 Å². The Morgan fingerprint density at radius 1 is 1.42 bits per heavy atom. The highest BCUT2D eigenvalue weighted by molar-refractivity contribution is 5.86. The van der Waals surface area contributed by atoms with Gasteiger partial charge in [-0.1, -0.05) is 23.8 Å². The fourth-order valence-electron chi connectivity index (χ4n) is 2.83. The van der Waals surface area contributed by atoms with E-state index in [0.29, 0.717) is 0 Å². The van der Waals surface area contributed by atoms with E-state index in [-0.39, 0.29) is 11.9 Å². The van der Waals surface area contributed by atoms with Gasteiger partial charge < -0.3 is 10.6 Å². The van der Waals surface area contributed by atoms with Crippen molar-refractivity contribution < 1.29 is 4.79 Å². The Morgan fingerprint density at radius 3 is 2.74 bits per heavy atom. The summed E-state index contributed by atoms with van der Waals surface area (Å²) in [4.78, 5) is 12.4. The van der Waals surface area contributed by atoms with Gasteiger partial charge >= 0.3 is 0 Å². The lowest BCUT2D eigenvalue weighted by atomic mass is 9.96. The van der Waals surface area contributed by atoms with Gasteiger partial charge in [0.25, 0.3) is 0 Å². The normalized spacial score (nSPS) is 24.2. The standard InChI is InChI=1S/C16H24N2O/c1-11-6-7-14(12(2)10-11)13(3)18-15(19)16(4)8-5-9-17-16/h6-7,10,13,17H,5,8-9H2,1-4H3,(H,18,19). The van der Waals surface area contributed by atoms with Crippen molar-refractivity contribution in [3.8, 4) is 0 Å². The Bertz CT molecular complexity index is 476. The summed E-state index contributed by atoms with van der Waals surface area (Å²) < 4.78 is 0. The van der Waals surface area contributed by atoms with E-state index >= 15 is 0 Å². The quantitative estimate of drug-likeness (QED) is 0.877. The second-order valence-electron chi connectivity index (χ2n) is 5.92. The lowest BCUT2D eigenvalue weighted by Crippen LogP contribution is -2.51. The summed E-state index contributed by atoms with van der Waals surface area (Å²) in [5.41, 5.74) is 3.29. The Balaban J connectivity index is 2.08. The predicted molar refractivity (Wildman–Crippen MR) is 78.1 cm³/mol. The first kappa shape index (κ1) is 14.1. The summed E-state index contributed by atoms with van der Waals surface area (Å²) in [5.74, 6) is 0.109. The molecule has 2 atom stereocenters. The number of carbonyl (C=O) groups excluding carboxylic acids is 1. The van der Waals surface area contributed by atoms with E-state index in [1.54, 1.807) is 0 Å². The number of amides is 1. The van der Waals surface area contributed by atoms with Crippen molar-refractivity contribution in [1.29, 1.82) is 0 Å². The Kier molecular flexibility index (Phi) is 3.95. The van der Waals surface area contributed by atoms with Crippen molar-refractivity contribution in [2.75, 3.05) is 6.54 Å². The minimum absolute atomic E-state index is 0.0484. The van der Waals surface area contributed by atoms with Crippen molar-refractivity contribution in [3.05, 3.63) is 34.9 Å². The summed E-state index contributed by atoms with van der Waals surface area (Å²) in [6.07, 6.45) is 1.99. The molecular weight excluding hydrogens is 236 g/mol. The molecule has 1 heterocycles. The lowest BCUT2D eigenvalue weighted by Gasteiger charge is -2.26. The van der Waals surface area contributed by atoms with Crippen LogP contribution in [-0.4, -0.2) is 18.0 Å². The zero-order valence-corrected chi connectivity index (χ0v) is 12.3. The summed E-state index contributed by atoms with van der Waals surface area (Å²) >= 11 is 0. The lowest BCUT2D eigenvalue weighted by molar-refractivity contribution is -0.127. The summed E-state index contributed by atoms with van der Waals surface area (Å²) in [6, 6.07) is 6.42. The molecule has 104 valence electrons. The van der Waals surface area contributed by atoms with Gasteiger partial charge in [-0.3, -0.25) is 4.79 Å². The second kappa shape index (κ2) is 5.33. The smallest absolute Gasteiger partial charge is 0.240 e. The SMILES string of the molecule is Cc1ccc(C(C)NC(=O)C2(C)CCCN2)c(C)c1. The van der Waals surface area contributed by atoms with Crippen LogP contribution in [0.4, 0.5) is 0 Å². The molecule has 0 spiro atoms. The molecule has 2 unspecified atom stereocenters. The minimum Gasteiger partial charge on any atom is -0.348 e. The van der Waals surface area contributed by atoms with Crippen molar-refractivity contribution in [3.63, 3.8) is 0 Å². The molecule has 2 rings (SSSR count). The molecule has 0 aliphatic carbocycles. The molecule has 1 aromatic carbocycles. The molecule has 1 saturated heterocycles. The molecule has 1 aliphatic rings. The fourth-order valence-corrected chi connectivity index (χ4v) is 2.83. The van der Waals surface area contributed by atoms with Gasteiger partial charge in [0.05, 0.1) is 11.6 Å². The van der Waals surface area contributed by atoms with E-state index in [9.17, 15) is 4.79 Å². The van der Waals surface area contributed by atoms with Crippen LogP contribution in [0.1, 0.15) is 49.4 Å². The van der Waals surface area contributed by atoms with Gasteiger partial charge in [-0.05, 0) is 58.2 Å². The van der Waals surface area contributed by atoms with Crippen LogP contribution in [0.25, 0.3) is 0 Å². The Hall–Kier alpha value is -1.35. The third-order valence-corrected chi connectivity index (χ3v) is 4.11. The molecule has 1 aliphatic heterocycles. The van der Waals surface area contributed by atoms with Gasteiger partial charge in [0.15, 0.2) is 0 Å². The number of nitrogens with one attached hydrogen (secondary N) is 2. The van der Waals surface area contributed by atoms with Gasteiger partial charge in [0.1, 0.15) is 0 Å². The molecule has 1 fully saturated rings. The summed E-state index contributed by atoms with van der Waals surface area (Å²) in [7, 11) is 0. The average molecular weight is 260 g/mol. The molecule has 1 aromatic rings. The number of carbonyl (C=O) groups is 1. The maximum atomic E-state index is 12.4. The molecule has 3 nitrogen and oxygen atoms in total. The highest BCUT2D eigenvalue weighted by atomic mass is 16.2. The number of rotatable bonds is 3. The zero-order valence-electron chi connectivity index (χ0n) is 12.3. The first-order valence-corrected chi connectivity index (χ1v) is 7.05. The van der Waals surface area contributed by atoms with Crippen LogP contribution in [0.3, 0.4) is 0 Å². The maximum absolute atomic E-state index is 12.4. The number of aryl methyl sites for hydroxylation is 2. The van der Waals surface area contributed by atoms with Gasteiger partial charge in [-0.2, -0.15) is 0 Å². The van der Waals surface area contributed by atoms with E-state index < -0.39 is 5.54 Å². The molecule has 2 N–H and O–H groups in total. The number of hydrogen-bond donors (Lipinski definition) is 2. The molecule has 0 radical (unpaired) electrons. The van der Waals surface area contributed by atoms with Crippen LogP contribution >= 0.6 is 0 Å². The predicted octanol–water partition coefficient (Wildman–Crippen LogP) is 2.62. The topological polar surface area (TPSA) is 41.1 Å². The van der Waals surface area contributed by atoms with Gasteiger partial charge in [-0.25, -0.2) is 0 Å². The van der Waals surface area contributed by atoms with Crippen molar-refractivity contribution in [2.24, 2.45) is 0 Å². The van der Waals surface area contributed by atoms with Crippen molar-refractivity contribution in [2.45, 2.75) is 52.1 Å². The fraction of sp³-hybridized carbons (Fsp3) is 0.562. The highest BCUT2D eigenvalue weighted by Gasteiger charge is 2.36. The van der Waals surface area contributed by atoms with Crippen molar-refractivity contribution >= 4 is 5.91 Å². The Morgan fingerprint density at radius 2 is 2.16 bits per heavy atom. The second-order valence-corrected chi connectivity index (χ2v) is 5.92. The van der Waals surface area contributed by atoms with Crippen LogP contribution in [0.2, 0.25) is 0 Å². The molecule has 1 amide bonds. The molecule has 3 heteroatoms. The van der Waals surface area contributed by atoms with Crippen LogP contribution in [0.15, 0.2) is 18.2 Å². The highest BCUT2D eigenvalue weighted by Crippen LogP contribution is 2.22. The van der Waals surface area contributed by atoms with Crippen LogP contribution < -0.4 is 10.6 Å². The Labute approximate surface area is 115 Å². The largest absolute Gasteiger partial charge is 0.348 e. The average Bonchev–Trinajstić information content (AvgIpc) is 2.77. The number of hydrogen-bond acceptors (Lipinski definition) is 2. The van der Waals surface area contributed by atoms with Crippen LogP contribution in [-0.2, 0) is 4.79 Å². The third-order valence-electron chi connectivity index (χ3n) is 4.11. The first-order chi connectivity index (χ1) is 8.92. The molecule has 0 bridgehead atoms. The van der Waals surface area contributed by atoms with Gasteiger partial charge in [-0.15, -0.1) is 0 Å². The summed E-state index contributed by atoms with van der Waals surface area (Å²) in [5, 5.41) is 6.44. The van der Waals surface area contributed by atoms with E-state index in [4.69, 9.17) is 0 Å². The molecular formula is C16H24N2O. The minimum atomic E-state index is -0.396. The third kappa shape index (κ3) is 2.98. The van der Waals surface area contributed by atoms with Crippen LogP contribution in [0, 0.1) is 13.8 Å². The molecule has 0 aromatic heterocycles. The van der Waals surface area contributed by atoms with Crippen molar-refractivity contribution in [1.82, 2.24) is 10.6 Å². The van der Waals surface area contributed by atoms with E-state index in [1.165, 1.54) is 16.7 Å². The molecule has 0 saturated carbocycles. The number of benzene rings is 1. The van der Waals surface area contributed by atoms with E-state index in [2.05, 4.69) is 42.7 Å². The molecule has 19 heavy (non-hydrogen) atoms. The van der Waals surface area contributed by atoms with Gasteiger partial charge in [0.2, 0.25) is 5.91 Å². The summed E-state index contributed by atoms with van der Waals surface area (Å²) in [6.45, 7) is 9.16. The van der Waals surface area contributed by atoms with E-state index in [1.807, 2.05) is 13.8 Å². The van der Waals surface area contributed by atoms with E-state index in [0.717, 1.165) is 19.4 Å². The maximum Gasteiger partial charge on any atom is 0.240 e. The monoisotopic (exact) mass is 260 g/mol. The first-order valence-electron chi connectivity index (χ1n) is 7.05. The van der Waals surface area contributed by atoms with Gasteiger partial charge in [0, 0.05) is 0 Å².